The molecule has 1 aliphatic rings. The molecule has 1 fully saturated rings. The Kier molecular flexibility index (Phi) is 5.67. The molecule has 0 bridgehead atoms. The molecular formula is C18H18N6O4S. The van der Waals surface area contributed by atoms with Crippen molar-refractivity contribution < 1.29 is 14.5 Å². The molecule has 1 saturated heterocycles. The number of nitrogens with zero attached hydrogens (tertiary/aromatic N) is 5. The summed E-state index contributed by atoms with van der Waals surface area (Å²) in [7, 11) is 0. The van der Waals surface area contributed by atoms with Crippen molar-refractivity contribution >= 4 is 29.0 Å². The molecule has 1 amide bonds. The van der Waals surface area contributed by atoms with Crippen molar-refractivity contribution in [2.45, 2.75) is 24.1 Å². The third-order valence-corrected chi connectivity index (χ3v) is 5.39. The average Bonchev–Trinajstić information content (AvgIpc) is 3.40. The molecule has 11 heteroatoms. The number of nitro groups is 1. The van der Waals surface area contributed by atoms with Crippen molar-refractivity contribution in [1.82, 2.24) is 25.1 Å². The van der Waals surface area contributed by atoms with E-state index in [0.717, 1.165) is 19.4 Å². The first-order chi connectivity index (χ1) is 14.1. The highest BCUT2D eigenvalue weighted by atomic mass is 32.2. The third-order valence-electron chi connectivity index (χ3n) is 4.47. The van der Waals surface area contributed by atoms with Crippen LogP contribution in [0.25, 0.3) is 16.9 Å². The Morgan fingerprint density at radius 1 is 1.34 bits per heavy atom. The lowest BCUT2D eigenvalue weighted by molar-refractivity contribution is -0.384. The molecule has 1 unspecified atom stereocenters. The van der Waals surface area contributed by atoms with Crippen LogP contribution in [0.5, 0.6) is 0 Å². The van der Waals surface area contributed by atoms with Crippen LogP contribution in [-0.2, 0) is 9.53 Å². The van der Waals surface area contributed by atoms with Crippen LogP contribution < -0.4 is 5.32 Å². The maximum absolute atomic E-state index is 12.1. The lowest BCUT2D eigenvalue weighted by Crippen LogP contribution is -2.32. The number of benzene rings is 1. The molecule has 0 spiro atoms. The van der Waals surface area contributed by atoms with Gasteiger partial charge in [0, 0.05) is 30.8 Å². The van der Waals surface area contributed by atoms with Crippen molar-refractivity contribution in [2.75, 3.05) is 18.9 Å². The number of amides is 1. The summed E-state index contributed by atoms with van der Waals surface area (Å²) in [5.74, 6) is 0.0630. The molecule has 10 nitrogen and oxygen atoms in total. The van der Waals surface area contributed by atoms with E-state index >= 15 is 0 Å². The summed E-state index contributed by atoms with van der Waals surface area (Å²) in [6.07, 6.45) is 2.09. The molecule has 29 heavy (non-hydrogen) atoms. The van der Waals surface area contributed by atoms with E-state index in [1.807, 2.05) is 0 Å². The Morgan fingerprint density at radius 3 is 3.03 bits per heavy atom. The number of rotatable bonds is 7. The summed E-state index contributed by atoms with van der Waals surface area (Å²) in [6.45, 7) is 1.26. The van der Waals surface area contributed by atoms with Crippen LogP contribution in [0.15, 0.2) is 41.6 Å². The molecule has 150 valence electrons. The number of hydrogen-bond acceptors (Lipinski definition) is 8. The minimum Gasteiger partial charge on any atom is -0.376 e. The standard InChI is InChI=1S/C18H18N6O4S/c25-17(19-10-14-5-2-8-28-14)11-29-18-21-20-16-7-6-15(22-23(16)18)12-3-1-4-13(9-12)24(26)27/h1,3-4,6-7,9,14H,2,5,8,10-11H2,(H,19,25). The zero-order valence-electron chi connectivity index (χ0n) is 15.4. The van der Waals surface area contributed by atoms with Gasteiger partial charge in [-0.05, 0) is 25.0 Å². The van der Waals surface area contributed by atoms with E-state index in [0.29, 0.717) is 28.6 Å². The van der Waals surface area contributed by atoms with E-state index < -0.39 is 4.92 Å². The number of thioether (sulfide) groups is 1. The van der Waals surface area contributed by atoms with E-state index in [1.165, 1.54) is 28.4 Å². The maximum atomic E-state index is 12.1. The summed E-state index contributed by atoms with van der Waals surface area (Å²) in [4.78, 5) is 22.7. The van der Waals surface area contributed by atoms with Gasteiger partial charge in [-0.15, -0.1) is 10.2 Å². The molecule has 3 heterocycles. The number of fused-ring (bicyclic) bond motifs is 1. The van der Waals surface area contributed by atoms with Crippen LogP contribution in [-0.4, -0.2) is 55.7 Å². The van der Waals surface area contributed by atoms with Crippen molar-refractivity contribution in [2.24, 2.45) is 0 Å². The molecule has 1 aromatic carbocycles. The van der Waals surface area contributed by atoms with Gasteiger partial charge in [-0.3, -0.25) is 14.9 Å². The maximum Gasteiger partial charge on any atom is 0.270 e. The zero-order chi connectivity index (χ0) is 20.2. The summed E-state index contributed by atoms with van der Waals surface area (Å²) in [5.41, 5.74) is 1.68. The number of nitrogens with one attached hydrogen (secondary N) is 1. The topological polar surface area (TPSA) is 125 Å². The van der Waals surface area contributed by atoms with Crippen molar-refractivity contribution in [1.29, 1.82) is 0 Å². The zero-order valence-corrected chi connectivity index (χ0v) is 16.2. The van der Waals surface area contributed by atoms with Crippen LogP contribution in [0, 0.1) is 10.1 Å². The number of nitro benzene ring substituents is 1. The first-order valence-corrected chi connectivity index (χ1v) is 10.1. The molecular weight excluding hydrogens is 396 g/mol. The quantitative estimate of drug-likeness (QED) is 0.354. The van der Waals surface area contributed by atoms with E-state index in [4.69, 9.17) is 4.74 Å². The highest BCUT2D eigenvalue weighted by Crippen LogP contribution is 2.24. The average molecular weight is 414 g/mol. The van der Waals surface area contributed by atoms with Crippen LogP contribution in [0.4, 0.5) is 5.69 Å². The fourth-order valence-corrected chi connectivity index (χ4v) is 3.72. The number of ether oxygens (including phenoxy) is 1. The number of aromatic nitrogens is 4. The molecule has 1 atom stereocenters. The number of carbonyl (C=O) groups is 1. The molecule has 3 aromatic rings. The Hall–Kier alpha value is -3.05. The van der Waals surface area contributed by atoms with Crippen molar-refractivity contribution in [3.8, 4) is 11.3 Å². The molecule has 4 rings (SSSR count). The molecule has 0 aliphatic carbocycles. The van der Waals surface area contributed by atoms with Gasteiger partial charge in [-0.25, -0.2) is 0 Å². The van der Waals surface area contributed by atoms with Gasteiger partial charge in [-0.1, -0.05) is 23.9 Å². The summed E-state index contributed by atoms with van der Waals surface area (Å²) >= 11 is 1.22. The predicted molar refractivity (Wildman–Crippen MR) is 106 cm³/mol. The van der Waals surface area contributed by atoms with Gasteiger partial charge < -0.3 is 10.1 Å². The van der Waals surface area contributed by atoms with Gasteiger partial charge in [-0.2, -0.15) is 9.61 Å². The van der Waals surface area contributed by atoms with Crippen LogP contribution in [0.2, 0.25) is 0 Å². The first-order valence-electron chi connectivity index (χ1n) is 9.08. The first kappa shape index (κ1) is 19.3. The summed E-state index contributed by atoms with van der Waals surface area (Å²) < 4.78 is 7.02. The lowest BCUT2D eigenvalue weighted by Gasteiger charge is -2.10. The number of hydrogen-bond donors (Lipinski definition) is 1. The Morgan fingerprint density at radius 2 is 2.24 bits per heavy atom. The second kappa shape index (κ2) is 8.53. The fourth-order valence-electron chi connectivity index (χ4n) is 3.01. The van der Waals surface area contributed by atoms with Gasteiger partial charge in [0.25, 0.3) is 5.69 Å². The molecule has 1 aliphatic heterocycles. The van der Waals surface area contributed by atoms with Gasteiger partial charge >= 0.3 is 0 Å². The Labute approximate surface area is 169 Å². The monoisotopic (exact) mass is 414 g/mol. The SMILES string of the molecule is O=C(CSc1nnc2ccc(-c3cccc([N+](=O)[O-])c3)nn12)NCC1CCCO1. The predicted octanol–water partition coefficient (Wildman–Crippen LogP) is 2.09. The molecule has 1 N–H and O–H groups in total. The van der Waals surface area contributed by atoms with E-state index in [9.17, 15) is 14.9 Å². The largest absolute Gasteiger partial charge is 0.376 e. The minimum atomic E-state index is -0.447. The van der Waals surface area contributed by atoms with Crippen LogP contribution in [0.3, 0.4) is 0 Å². The van der Waals surface area contributed by atoms with E-state index in [2.05, 4.69) is 20.6 Å². The second-order valence-electron chi connectivity index (χ2n) is 6.51. The van der Waals surface area contributed by atoms with Gasteiger partial charge in [0.05, 0.1) is 22.5 Å². The third kappa shape index (κ3) is 4.51. The van der Waals surface area contributed by atoms with Gasteiger partial charge in [0.2, 0.25) is 11.1 Å². The lowest BCUT2D eigenvalue weighted by atomic mass is 10.1. The second-order valence-corrected chi connectivity index (χ2v) is 7.45. The Balaban J connectivity index is 1.46. The minimum absolute atomic E-state index is 0.00864. The highest BCUT2D eigenvalue weighted by molar-refractivity contribution is 7.99. The molecule has 0 radical (unpaired) electrons. The smallest absolute Gasteiger partial charge is 0.270 e. The fraction of sp³-hybridized carbons (Fsp3) is 0.333. The highest BCUT2D eigenvalue weighted by Gasteiger charge is 2.17. The normalized spacial score (nSPS) is 16.2. The van der Waals surface area contributed by atoms with E-state index in [-0.39, 0.29) is 23.5 Å². The van der Waals surface area contributed by atoms with Crippen molar-refractivity contribution in [3.63, 3.8) is 0 Å². The van der Waals surface area contributed by atoms with Gasteiger partial charge in [0.1, 0.15) is 0 Å². The van der Waals surface area contributed by atoms with Crippen molar-refractivity contribution in [3.05, 3.63) is 46.5 Å². The number of carbonyl (C=O) groups excluding carboxylic acids is 1. The molecule has 0 saturated carbocycles. The number of non-ortho nitro benzene ring substituents is 1. The van der Waals surface area contributed by atoms with E-state index in [1.54, 1.807) is 24.3 Å². The van der Waals surface area contributed by atoms with Crippen LogP contribution >= 0.6 is 11.8 Å². The summed E-state index contributed by atoms with van der Waals surface area (Å²) in [6, 6.07) is 9.71. The Bertz CT molecular complexity index is 1050. The van der Waals surface area contributed by atoms with Gasteiger partial charge in [0.15, 0.2) is 5.65 Å². The summed E-state index contributed by atoms with van der Waals surface area (Å²) in [5, 5.41) is 27.0. The molecule has 2 aromatic heterocycles. The van der Waals surface area contributed by atoms with Crippen LogP contribution in [0.1, 0.15) is 12.8 Å².